The number of ether oxygens (including phenoxy) is 4. The van der Waals surface area contributed by atoms with Crippen LogP contribution in [-0.2, 0) is 34.8 Å². The van der Waals surface area contributed by atoms with E-state index in [1.165, 1.54) is 14.2 Å². The van der Waals surface area contributed by atoms with Crippen molar-refractivity contribution in [2.45, 2.75) is 149 Å². The van der Waals surface area contributed by atoms with Crippen LogP contribution in [0.1, 0.15) is 49.4 Å². The molecule has 0 aromatic carbocycles. The molecule has 25 heteroatoms. The van der Waals surface area contributed by atoms with Crippen LogP contribution in [0.3, 0.4) is 0 Å². The Morgan fingerprint density at radius 1 is 0.667 bits per heavy atom. The Kier molecular flexibility index (Phi) is 34.5. The molecule has 2 aliphatic rings. The fourth-order valence-corrected chi connectivity index (χ4v) is 9.82. The van der Waals surface area contributed by atoms with E-state index in [-0.39, 0.29) is 67.7 Å². The van der Waals surface area contributed by atoms with Gasteiger partial charge in [-0.05, 0) is 79.1 Å². The van der Waals surface area contributed by atoms with E-state index in [2.05, 4.69) is 0 Å². The molecule has 0 amide bonds. The molecule has 2 aliphatic heterocycles. The molecule has 54 heavy (non-hydrogen) atoms. The Labute approximate surface area is 346 Å². The second-order valence-corrected chi connectivity index (χ2v) is 29.2. The highest BCUT2D eigenvalue weighted by atomic mass is 28.4. The highest BCUT2D eigenvalue weighted by Crippen LogP contribution is 2.39. The minimum absolute atomic E-state index is 0. The first-order valence-corrected chi connectivity index (χ1v) is 29.2. The normalized spacial score (nSPS) is 31.1. The fourth-order valence-electron chi connectivity index (χ4n) is 5.20. The van der Waals surface area contributed by atoms with E-state index in [1.807, 2.05) is 13.8 Å². The molecular weight excluding hydrogens is 819 g/mol. The molecule has 0 aliphatic carbocycles. The number of aliphatic hydroxyl groups is 4. The summed E-state index contributed by atoms with van der Waals surface area (Å²) in [5.74, 6) is -2.96. The SMILES string of the molecule is C.CC[C@@H]1C(CO)O[C@@](C)(OC)C(O)C1O.CC[C@@H]1C(CO[Si](C)(C)O)O[C@@](C)(OC)C(O[Si](C)(C)O)C1O.C[Si](C)(O)[O][AlH][O][Si](C)(C)O.O.O.O.[Al].[H+]. The standard InChI is InChI=1S/C14H32O7Si2.C10H20O5.2C2H7O2Si.CH4.2Al.3H2O.H/c1-8-10-11(9-19-22(4,5)16)20-14(2,18-3)13(12(10)15)21-23(6,7)17;1-4-6-7(5-11)15-10(2,14-3)9(13)8(6)12;2*1-5(2,3)4;;;;;;;/h10-13,15-17H,8-9H2,1-7H3;6-9,11-13H,4-5H2,1-3H3;2*3H,1-2H3;1H4;;;3*1H2;/q;;2*-1;;;+2;;;;/p+1/t10-,11?,12?,13?,14-;6-,7?,8?,9?,10-;;;;;;;;;/m11........./s1. The maximum absolute atomic E-state index is 10.8. The molecule has 19 nitrogen and oxygen atoms in total. The van der Waals surface area contributed by atoms with Crippen LogP contribution in [0.25, 0.3) is 0 Å². The van der Waals surface area contributed by atoms with Crippen molar-refractivity contribution >= 4 is 67.5 Å². The molecule has 2 saturated heterocycles. The molecule has 2 rings (SSSR count). The molecule has 6 unspecified atom stereocenters. The Bertz CT molecular complexity index is 932. The van der Waals surface area contributed by atoms with Crippen LogP contribution in [0.15, 0.2) is 0 Å². The zero-order valence-electron chi connectivity index (χ0n) is 35.1. The van der Waals surface area contributed by atoms with Crippen molar-refractivity contribution in [1.82, 2.24) is 0 Å². The Morgan fingerprint density at radius 2 is 1.06 bits per heavy atom. The summed E-state index contributed by atoms with van der Waals surface area (Å²) in [6.07, 6.45) is -3.35. The van der Waals surface area contributed by atoms with E-state index in [9.17, 15) is 34.5 Å². The molecule has 2 heterocycles. The van der Waals surface area contributed by atoms with Gasteiger partial charge in [-0.3, -0.25) is 0 Å². The first kappa shape index (κ1) is 67.0. The molecule has 0 bridgehead atoms. The highest BCUT2D eigenvalue weighted by Gasteiger charge is 2.54. The fraction of sp³-hybridized carbons (Fsp3) is 1.00. The summed E-state index contributed by atoms with van der Waals surface area (Å²) in [4.78, 5) is 38.4. The third-order valence-corrected chi connectivity index (χ3v) is 16.4. The van der Waals surface area contributed by atoms with Crippen LogP contribution < -0.4 is 0 Å². The number of methoxy groups -OCH3 is 2. The summed E-state index contributed by atoms with van der Waals surface area (Å²) in [5.41, 5.74) is 0. The van der Waals surface area contributed by atoms with Gasteiger partial charge in [-0.15, -0.1) is 0 Å². The van der Waals surface area contributed by atoms with Gasteiger partial charge in [-0.2, -0.15) is 0 Å². The second kappa shape index (κ2) is 27.8. The Balaban J connectivity index is -0.000000127. The quantitative estimate of drug-likeness (QED) is 0.0873. The van der Waals surface area contributed by atoms with Gasteiger partial charge in [0.05, 0.1) is 37.6 Å². The lowest BCUT2D eigenvalue weighted by atomic mass is 9.84. The average Bonchev–Trinajstić information content (AvgIpc) is 2.95. The van der Waals surface area contributed by atoms with Crippen molar-refractivity contribution in [3.8, 4) is 0 Å². The van der Waals surface area contributed by atoms with Crippen LogP contribution in [0.5, 0.6) is 0 Å². The monoisotopic (exact) mass is 896 g/mol. The lowest BCUT2D eigenvalue weighted by Crippen LogP contribution is -2.65. The molecule has 3 radical (unpaired) electrons. The third-order valence-electron chi connectivity index (χ3n) is 8.06. The average molecular weight is 897 g/mol. The zero-order valence-corrected chi connectivity index (χ0v) is 40.6. The van der Waals surface area contributed by atoms with Crippen molar-refractivity contribution in [2.24, 2.45) is 11.8 Å². The van der Waals surface area contributed by atoms with Crippen LogP contribution >= 0.6 is 0 Å². The maximum Gasteiger partial charge on any atom is 1.00 e. The molecule has 329 valence electrons. The van der Waals surface area contributed by atoms with E-state index in [4.69, 9.17) is 39.9 Å². The van der Waals surface area contributed by atoms with Gasteiger partial charge in [-0.25, -0.2) is 0 Å². The lowest BCUT2D eigenvalue weighted by molar-refractivity contribution is -0.342. The lowest BCUT2D eigenvalue weighted by Gasteiger charge is -2.50. The minimum Gasteiger partial charge on any atom is -0.506 e. The van der Waals surface area contributed by atoms with Gasteiger partial charge in [0.2, 0.25) is 0 Å². The molecule has 14 N–H and O–H groups in total. The molecule has 0 aromatic heterocycles. The summed E-state index contributed by atoms with van der Waals surface area (Å²) < 4.78 is 43.5. The number of aliphatic hydroxyl groups excluding tert-OH is 4. The number of hydrogen-bond acceptors (Lipinski definition) is 16. The largest absolute Gasteiger partial charge is 1.00 e. The number of hydrogen-bond donors (Lipinski definition) is 8. The van der Waals surface area contributed by atoms with E-state index in [0.29, 0.717) is 12.8 Å². The molecule has 0 saturated carbocycles. The van der Waals surface area contributed by atoms with Gasteiger partial charge in [0, 0.05) is 43.4 Å². The van der Waals surface area contributed by atoms with E-state index < -0.39 is 98.3 Å². The van der Waals surface area contributed by atoms with E-state index in [1.54, 1.807) is 66.2 Å². The van der Waals surface area contributed by atoms with Crippen molar-refractivity contribution < 1.29 is 92.2 Å². The van der Waals surface area contributed by atoms with Gasteiger partial charge in [0.1, 0.15) is 12.2 Å². The molecule has 10 atom stereocenters. The minimum atomic E-state index is -2.89. The summed E-state index contributed by atoms with van der Waals surface area (Å²) in [6, 6.07) is 0. The first-order chi connectivity index (χ1) is 22.0. The van der Waals surface area contributed by atoms with Gasteiger partial charge in [0.15, 0.2) is 11.6 Å². The summed E-state index contributed by atoms with van der Waals surface area (Å²) in [5, 5.41) is 39.6. The zero-order chi connectivity index (χ0) is 38.8. The Morgan fingerprint density at radius 3 is 1.37 bits per heavy atom. The Hall–Kier alpha value is 1.17. The second-order valence-electron chi connectivity index (χ2n) is 14.5. The predicted molar refractivity (Wildman–Crippen MR) is 217 cm³/mol. The van der Waals surface area contributed by atoms with Crippen LogP contribution in [0.2, 0.25) is 52.4 Å². The van der Waals surface area contributed by atoms with E-state index >= 15 is 0 Å². The summed E-state index contributed by atoms with van der Waals surface area (Å²) in [6.45, 7) is 20.4. The molecular formula is C29H78Al2O19Si4+. The van der Waals surface area contributed by atoms with Crippen LogP contribution in [-0.4, -0.2) is 199 Å². The van der Waals surface area contributed by atoms with Gasteiger partial charge in [0.25, 0.3) is 0 Å². The van der Waals surface area contributed by atoms with Crippen molar-refractivity contribution in [2.75, 3.05) is 27.4 Å². The third kappa shape index (κ3) is 23.7. The summed E-state index contributed by atoms with van der Waals surface area (Å²) in [7, 11) is -7.52. The maximum atomic E-state index is 10.8. The first-order valence-electron chi connectivity index (χ1n) is 16.6. The van der Waals surface area contributed by atoms with Crippen molar-refractivity contribution in [3.05, 3.63) is 0 Å². The van der Waals surface area contributed by atoms with Gasteiger partial charge in [-0.1, -0.05) is 21.3 Å². The van der Waals surface area contributed by atoms with Crippen LogP contribution in [0, 0.1) is 11.8 Å². The molecule has 2 fully saturated rings. The predicted octanol–water partition coefficient (Wildman–Crippen LogP) is -2.02. The van der Waals surface area contributed by atoms with Crippen molar-refractivity contribution in [3.63, 3.8) is 0 Å². The van der Waals surface area contributed by atoms with Gasteiger partial charge < -0.3 is 90.8 Å². The summed E-state index contributed by atoms with van der Waals surface area (Å²) >= 11 is -1.17. The van der Waals surface area contributed by atoms with Crippen molar-refractivity contribution in [1.29, 1.82) is 0 Å². The molecule has 0 aromatic rings. The highest BCUT2D eigenvalue weighted by molar-refractivity contribution is 6.71. The smallest absolute Gasteiger partial charge is 0.506 e. The van der Waals surface area contributed by atoms with Crippen LogP contribution in [0.4, 0.5) is 0 Å². The van der Waals surface area contributed by atoms with Gasteiger partial charge >= 0.3 is 51.6 Å². The topological polar surface area (TPSA) is 330 Å². The molecule has 0 spiro atoms. The van der Waals surface area contributed by atoms with E-state index in [0.717, 1.165) is 0 Å². The number of rotatable bonds is 14.